The van der Waals surface area contributed by atoms with Crippen LogP contribution in [0.5, 0.6) is 0 Å². The largest absolute Gasteiger partial charge is 0.393 e. The summed E-state index contributed by atoms with van der Waals surface area (Å²) in [5.74, 6) is 1.62. The molecule has 4 rings (SSSR count). The Morgan fingerprint density at radius 1 is 1.04 bits per heavy atom. The molecule has 3 heterocycles. The van der Waals surface area contributed by atoms with Gasteiger partial charge in [-0.1, -0.05) is 17.4 Å². The summed E-state index contributed by atoms with van der Waals surface area (Å²) in [4.78, 5) is 17.3. The van der Waals surface area contributed by atoms with E-state index >= 15 is 0 Å². The van der Waals surface area contributed by atoms with Gasteiger partial charge in [-0.2, -0.15) is 0 Å². The van der Waals surface area contributed by atoms with E-state index in [2.05, 4.69) is 59.5 Å². The van der Waals surface area contributed by atoms with Gasteiger partial charge in [0.15, 0.2) is 16.8 Å². The van der Waals surface area contributed by atoms with E-state index in [0.717, 1.165) is 19.8 Å². The Morgan fingerprint density at radius 3 is 2.62 bits per heavy atom. The fraction of sp³-hybridized carbons (Fsp3) is 0.0588. The smallest absolute Gasteiger partial charge is 0.189 e. The van der Waals surface area contributed by atoms with Gasteiger partial charge in [-0.25, -0.2) is 19.9 Å². The average molecular weight is 428 g/mol. The molecule has 0 atom stereocenters. The molecule has 1 aromatic carbocycles. The minimum Gasteiger partial charge on any atom is -0.393 e. The lowest BCUT2D eigenvalue weighted by Gasteiger charge is -2.10. The first-order valence-corrected chi connectivity index (χ1v) is 9.33. The Bertz CT molecular complexity index is 1080. The fourth-order valence-electron chi connectivity index (χ4n) is 2.35. The van der Waals surface area contributed by atoms with E-state index < -0.39 is 0 Å². The van der Waals surface area contributed by atoms with Crippen LogP contribution in [0.4, 0.5) is 28.3 Å². The van der Waals surface area contributed by atoms with Crippen LogP contribution in [-0.2, 0) is 0 Å². The first-order chi connectivity index (χ1) is 12.6. The fourth-order valence-corrected chi connectivity index (χ4v) is 3.55. The van der Waals surface area contributed by atoms with Crippen LogP contribution in [0.3, 0.4) is 0 Å². The molecule has 130 valence electrons. The van der Waals surface area contributed by atoms with Gasteiger partial charge in [-0.05, 0) is 52.7 Å². The molecule has 0 unspecified atom stereocenters. The van der Waals surface area contributed by atoms with Crippen molar-refractivity contribution in [2.24, 2.45) is 0 Å². The highest BCUT2D eigenvalue weighted by atomic mass is 79.9. The highest BCUT2D eigenvalue weighted by Gasteiger charge is 2.11. The van der Waals surface area contributed by atoms with Crippen LogP contribution in [-0.4, -0.2) is 19.9 Å². The summed E-state index contributed by atoms with van der Waals surface area (Å²) in [6, 6.07) is 9.86. The van der Waals surface area contributed by atoms with Crippen molar-refractivity contribution in [1.82, 2.24) is 19.9 Å². The van der Waals surface area contributed by atoms with Gasteiger partial charge in [0.1, 0.15) is 17.8 Å². The van der Waals surface area contributed by atoms with Crippen LogP contribution in [0.25, 0.3) is 10.2 Å². The predicted molar refractivity (Wildman–Crippen MR) is 109 cm³/mol. The second kappa shape index (κ2) is 6.85. The van der Waals surface area contributed by atoms with Crippen LogP contribution in [0.2, 0.25) is 0 Å². The third-order valence-electron chi connectivity index (χ3n) is 3.63. The van der Waals surface area contributed by atoms with Crippen LogP contribution in [0.15, 0.2) is 47.3 Å². The van der Waals surface area contributed by atoms with Crippen LogP contribution in [0.1, 0.15) is 5.56 Å². The van der Waals surface area contributed by atoms with E-state index in [1.807, 2.05) is 24.3 Å². The maximum absolute atomic E-state index is 6.22. The summed E-state index contributed by atoms with van der Waals surface area (Å²) in [7, 11) is 0. The van der Waals surface area contributed by atoms with Crippen molar-refractivity contribution in [1.29, 1.82) is 0 Å². The van der Waals surface area contributed by atoms with Gasteiger partial charge in [0.05, 0.1) is 10.2 Å². The van der Waals surface area contributed by atoms with Crippen molar-refractivity contribution in [2.45, 2.75) is 6.92 Å². The molecule has 0 aliphatic rings. The number of aryl methyl sites for hydroxylation is 1. The number of halogens is 1. The number of pyridine rings is 1. The van der Waals surface area contributed by atoms with Gasteiger partial charge in [0.2, 0.25) is 0 Å². The zero-order chi connectivity index (χ0) is 18.1. The van der Waals surface area contributed by atoms with E-state index in [9.17, 15) is 0 Å². The number of nitrogens with one attached hydrogen (secondary N) is 2. The topological polar surface area (TPSA) is 102 Å². The number of nitrogens with zero attached hydrogens (tertiary/aromatic N) is 4. The Labute approximate surface area is 161 Å². The predicted octanol–water partition coefficient (Wildman–Crippen LogP) is 4.62. The third kappa shape index (κ3) is 3.44. The van der Waals surface area contributed by atoms with Gasteiger partial charge in [0.25, 0.3) is 0 Å². The summed E-state index contributed by atoms with van der Waals surface area (Å²) in [5, 5.41) is 7.00. The van der Waals surface area contributed by atoms with Crippen molar-refractivity contribution < 1.29 is 0 Å². The first-order valence-electron chi connectivity index (χ1n) is 7.72. The van der Waals surface area contributed by atoms with Crippen molar-refractivity contribution in [3.8, 4) is 0 Å². The Balaban J connectivity index is 1.61. The summed E-state index contributed by atoms with van der Waals surface area (Å²) in [5.41, 5.74) is 8.75. The zero-order valence-electron chi connectivity index (χ0n) is 13.7. The van der Waals surface area contributed by atoms with Crippen molar-refractivity contribution in [3.63, 3.8) is 0 Å². The molecule has 0 fully saturated rings. The SMILES string of the molecule is Cc1ccc2nc(Nc3ncnc(Nc4ccc(Br)cn4)c3N)sc2c1. The maximum atomic E-state index is 6.22. The molecule has 0 aliphatic heterocycles. The molecular weight excluding hydrogens is 414 g/mol. The Kier molecular flexibility index (Phi) is 4.39. The van der Waals surface area contributed by atoms with E-state index in [4.69, 9.17) is 5.73 Å². The third-order valence-corrected chi connectivity index (χ3v) is 5.03. The highest BCUT2D eigenvalue weighted by Crippen LogP contribution is 2.32. The molecule has 0 amide bonds. The number of thiazole rings is 1. The van der Waals surface area contributed by atoms with E-state index in [1.54, 1.807) is 17.5 Å². The molecule has 7 nitrogen and oxygen atoms in total. The van der Waals surface area contributed by atoms with Crippen LogP contribution < -0.4 is 16.4 Å². The number of anilines is 5. The molecule has 0 saturated heterocycles. The van der Waals surface area contributed by atoms with E-state index in [0.29, 0.717) is 23.1 Å². The number of hydrogen-bond acceptors (Lipinski definition) is 8. The second-order valence-corrected chi connectivity index (χ2v) is 7.53. The van der Waals surface area contributed by atoms with Crippen molar-refractivity contribution >= 4 is 65.8 Å². The molecule has 26 heavy (non-hydrogen) atoms. The number of benzene rings is 1. The van der Waals surface area contributed by atoms with Gasteiger partial charge in [-0.15, -0.1) is 0 Å². The number of nitrogen functional groups attached to an aromatic ring is 1. The maximum Gasteiger partial charge on any atom is 0.189 e. The monoisotopic (exact) mass is 427 g/mol. The standard InChI is InChI=1S/C17H14BrN7S/c1-9-2-4-11-12(6-9)26-17(23-11)25-16-14(19)15(21-8-22-16)24-13-5-3-10(18)7-20-13/h2-8H,19H2,1H3,(H2,20,21,22,23,24,25). The molecule has 0 saturated carbocycles. The minimum absolute atomic E-state index is 0.396. The van der Waals surface area contributed by atoms with Gasteiger partial charge < -0.3 is 16.4 Å². The highest BCUT2D eigenvalue weighted by molar-refractivity contribution is 9.10. The zero-order valence-corrected chi connectivity index (χ0v) is 16.1. The molecule has 0 bridgehead atoms. The Hall–Kier alpha value is -2.78. The normalized spacial score (nSPS) is 10.8. The molecule has 0 aliphatic carbocycles. The molecule has 4 N–H and O–H groups in total. The molecule has 0 radical (unpaired) electrons. The summed E-state index contributed by atoms with van der Waals surface area (Å²) >= 11 is 4.91. The quantitative estimate of drug-likeness (QED) is 0.436. The number of fused-ring (bicyclic) bond motifs is 1. The van der Waals surface area contributed by atoms with Gasteiger partial charge >= 0.3 is 0 Å². The first kappa shape index (κ1) is 16.7. The molecule has 3 aromatic heterocycles. The van der Waals surface area contributed by atoms with E-state index in [1.165, 1.54) is 11.9 Å². The molecule has 4 aromatic rings. The Morgan fingerprint density at radius 2 is 1.85 bits per heavy atom. The number of rotatable bonds is 4. The van der Waals surface area contributed by atoms with Gasteiger partial charge in [0, 0.05) is 10.7 Å². The number of aromatic nitrogens is 4. The molecule has 0 spiro atoms. The number of hydrogen-bond donors (Lipinski definition) is 3. The van der Waals surface area contributed by atoms with Crippen LogP contribution >= 0.6 is 27.3 Å². The molecular formula is C17H14BrN7S. The van der Waals surface area contributed by atoms with E-state index in [-0.39, 0.29) is 0 Å². The second-order valence-electron chi connectivity index (χ2n) is 5.59. The van der Waals surface area contributed by atoms with Crippen LogP contribution in [0, 0.1) is 6.92 Å². The lowest BCUT2D eigenvalue weighted by atomic mass is 10.2. The summed E-state index contributed by atoms with van der Waals surface area (Å²) < 4.78 is 2.00. The van der Waals surface area contributed by atoms with Crippen molar-refractivity contribution in [2.75, 3.05) is 16.4 Å². The summed E-state index contributed by atoms with van der Waals surface area (Å²) in [6.45, 7) is 2.06. The lowest BCUT2D eigenvalue weighted by Crippen LogP contribution is -2.05. The van der Waals surface area contributed by atoms with Gasteiger partial charge in [-0.3, -0.25) is 0 Å². The lowest BCUT2D eigenvalue weighted by molar-refractivity contribution is 1.16. The minimum atomic E-state index is 0.396. The number of nitrogens with two attached hydrogens (primary N) is 1. The van der Waals surface area contributed by atoms with Crippen molar-refractivity contribution in [3.05, 3.63) is 52.9 Å². The molecule has 9 heteroatoms. The average Bonchev–Trinajstić information content (AvgIpc) is 3.02. The summed E-state index contributed by atoms with van der Waals surface area (Å²) in [6.07, 6.45) is 3.14.